The largest absolute Gasteiger partial charge is 0.495 e. The normalized spacial score (nSPS) is 11.4. The Morgan fingerprint density at radius 2 is 1.79 bits per heavy atom. The van der Waals surface area contributed by atoms with Crippen molar-refractivity contribution < 1.29 is 22.7 Å². The second kappa shape index (κ2) is 7.12. The van der Waals surface area contributed by atoms with Gasteiger partial charge in [-0.05, 0) is 31.2 Å². The zero-order valence-electron chi connectivity index (χ0n) is 15.8. The number of ether oxygens (including phenoxy) is 2. The fourth-order valence-electron chi connectivity index (χ4n) is 3.05. The summed E-state index contributed by atoms with van der Waals surface area (Å²) in [4.78, 5) is 24.9. The van der Waals surface area contributed by atoms with Crippen LogP contribution in [0.15, 0.2) is 52.2 Å². The monoisotopic (exact) mass is 401 g/mol. The van der Waals surface area contributed by atoms with Crippen molar-refractivity contribution in [2.75, 3.05) is 13.4 Å². The summed E-state index contributed by atoms with van der Waals surface area (Å²) in [5, 5.41) is 0.607. The summed E-state index contributed by atoms with van der Waals surface area (Å²) in [6.45, 7) is 1.58. The van der Waals surface area contributed by atoms with Crippen LogP contribution >= 0.6 is 0 Å². The molecule has 0 atom stereocenters. The number of hydrogen-bond donors (Lipinski definition) is 0. The first-order valence-corrected chi connectivity index (χ1v) is 10.2. The molecule has 8 heteroatoms. The van der Waals surface area contributed by atoms with E-state index in [9.17, 15) is 18.0 Å². The summed E-state index contributed by atoms with van der Waals surface area (Å²) in [7, 11) is -0.562. The van der Waals surface area contributed by atoms with E-state index in [-0.39, 0.29) is 27.5 Å². The number of nitrogens with zero attached hydrogens (tertiary/aromatic N) is 1. The third kappa shape index (κ3) is 3.38. The van der Waals surface area contributed by atoms with E-state index in [1.54, 1.807) is 38.2 Å². The van der Waals surface area contributed by atoms with E-state index in [1.807, 2.05) is 0 Å². The average molecular weight is 401 g/mol. The molecule has 0 N–H and O–H groups in total. The molecule has 0 radical (unpaired) electrons. The molecule has 0 aliphatic heterocycles. The van der Waals surface area contributed by atoms with Crippen LogP contribution in [0.25, 0.3) is 10.9 Å². The molecule has 0 bridgehead atoms. The zero-order chi connectivity index (χ0) is 20.6. The molecule has 0 unspecified atom stereocenters. The smallest absolute Gasteiger partial charge is 0.343 e. The molecule has 2 aromatic carbocycles. The van der Waals surface area contributed by atoms with Gasteiger partial charge in [-0.1, -0.05) is 12.1 Å². The minimum atomic E-state index is -3.53. The Morgan fingerprint density at radius 1 is 1.11 bits per heavy atom. The van der Waals surface area contributed by atoms with Crippen molar-refractivity contribution in [3.63, 3.8) is 0 Å². The highest BCUT2D eigenvalue weighted by molar-refractivity contribution is 7.90. The molecule has 1 aromatic heterocycles. The van der Waals surface area contributed by atoms with Gasteiger partial charge in [-0.2, -0.15) is 0 Å². The number of aryl methyl sites for hydroxylation is 1. The molecule has 1 heterocycles. The van der Waals surface area contributed by atoms with E-state index in [0.29, 0.717) is 16.5 Å². The number of aromatic nitrogens is 1. The van der Waals surface area contributed by atoms with Crippen molar-refractivity contribution in [1.82, 2.24) is 4.57 Å². The molecule has 0 amide bonds. The fraction of sp³-hybridized carbons (Fsp3) is 0.200. The number of esters is 1. The summed E-state index contributed by atoms with van der Waals surface area (Å²) in [6, 6.07) is 11.0. The van der Waals surface area contributed by atoms with Crippen LogP contribution in [0, 0.1) is 6.92 Å². The minimum absolute atomic E-state index is 0.0110. The van der Waals surface area contributed by atoms with E-state index in [2.05, 4.69) is 0 Å². The van der Waals surface area contributed by atoms with E-state index in [4.69, 9.17) is 9.47 Å². The highest BCUT2D eigenvalue weighted by atomic mass is 32.2. The molecule has 0 aliphatic rings. The predicted molar refractivity (Wildman–Crippen MR) is 105 cm³/mol. The minimum Gasteiger partial charge on any atom is -0.495 e. The first kappa shape index (κ1) is 19.6. The molecule has 0 fully saturated rings. The SMILES string of the molecule is COc1c(S(C)(=O)=O)ccc(C(=O)Oc2cc(=O)n(C)c3ccccc23)c1C. The van der Waals surface area contributed by atoms with Gasteiger partial charge in [-0.15, -0.1) is 0 Å². The quantitative estimate of drug-likeness (QED) is 0.624. The average Bonchev–Trinajstić information content (AvgIpc) is 2.64. The molecule has 3 rings (SSSR count). The third-order valence-corrected chi connectivity index (χ3v) is 5.63. The Kier molecular flexibility index (Phi) is 4.99. The Hall–Kier alpha value is -3.13. The van der Waals surface area contributed by atoms with Crippen LogP contribution in [0.5, 0.6) is 11.5 Å². The number of methoxy groups -OCH3 is 1. The maximum atomic E-state index is 12.8. The molecule has 3 aromatic rings. The number of carbonyl (C=O) groups is 1. The number of fused-ring (bicyclic) bond motifs is 1. The van der Waals surface area contributed by atoms with Gasteiger partial charge in [-0.3, -0.25) is 4.79 Å². The zero-order valence-corrected chi connectivity index (χ0v) is 16.7. The second-order valence-electron chi connectivity index (χ2n) is 6.35. The number of para-hydroxylation sites is 1. The molecule has 7 nitrogen and oxygen atoms in total. The number of rotatable bonds is 4. The summed E-state index contributed by atoms with van der Waals surface area (Å²) in [5.41, 5.74) is 0.792. The van der Waals surface area contributed by atoms with E-state index < -0.39 is 15.8 Å². The molecular weight excluding hydrogens is 382 g/mol. The molecule has 146 valence electrons. The van der Waals surface area contributed by atoms with Crippen LogP contribution in [-0.4, -0.2) is 32.3 Å². The van der Waals surface area contributed by atoms with Crippen LogP contribution in [0.2, 0.25) is 0 Å². The van der Waals surface area contributed by atoms with Gasteiger partial charge >= 0.3 is 5.97 Å². The molecule has 0 saturated carbocycles. The molecular formula is C20H19NO6S. The summed E-state index contributed by atoms with van der Waals surface area (Å²) in [6.07, 6.45) is 1.06. The first-order valence-electron chi connectivity index (χ1n) is 8.33. The van der Waals surface area contributed by atoms with Crippen LogP contribution in [-0.2, 0) is 16.9 Å². The van der Waals surface area contributed by atoms with Crippen LogP contribution in [0.4, 0.5) is 0 Å². The molecule has 28 heavy (non-hydrogen) atoms. The number of carbonyl (C=O) groups excluding carboxylic acids is 1. The molecule has 0 aliphatic carbocycles. The first-order chi connectivity index (χ1) is 13.1. The Morgan fingerprint density at radius 3 is 2.43 bits per heavy atom. The van der Waals surface area contributed by atoms with Gasteiger partial charge in [-0.25, -0.2) is 13.2 Å². The molecule has 0 saturated heterocycles. The van der Waals surface area contributed by atoms with E-state index in [1.165, 1.54) is 29.9 Å². The standard InChI is InChI=1S/C20H19NO6S/c1-12-13(9-10-17(19(12)26-3)28(4,24)25)20(23)27-16-11-18(22)21(2)15-8-6-5-7-14(15)16/h5-11H,1-4H3. The van der Waals surface area contributed by atoms with Gasteiger partial charge in [0.1, 0.15) is 16.4 Å². The Labute approximate surface area is 162 Å². The summed E-state index contributed by atoms with van der Waals surface area (Å²) >= 11 is 0. The highest BCUT2D eigenvalue weighted by Gasteiger charge is 2.23. The van der Waals surface area contributed by atoms with Gasteiger partial charge in [0, 0.05) is 30.3 Å². The van der Waals surface area contributed by atoms with Crippen LogP contribution < -0.4 is 15.0 Å². The number of hydrogen-bond acceptors (Lipinski definition) is 6. The molecule has 0 spiro atoms. The lowest BCUT2D eigenvalue weighted by Gasteiger charge is -2.14. The van der Waals surface area contributed by atoms with Crippen LogP contribution in [0.3, 0.4) is 0 Å². The number of sulfone groups is 1. The lowest BCUT2D eigenvalue weighted by atomic mass is 10.1. The fourth-order valence-corrected chi connectivity index (χ4v) is 3.94. The predicted octanol–water partition coefficient (Wildman–Crippen LogP) is 2.48. The van der Waals surface area contributed by atoms with Crippen molar-refractivity contribution >= 4 is 26.7 Å². The topological polar surface area (TPSA) is 91.7 Å². The van der Waals surface area contributed by atoms with E-state index in [0.717, 1.165) is 6.26 Å². The van der Waals surface area contributed by atoms with Gasteiger partial charge in [0.2, 0.25) is 0 Å². The van der Waals surface area contributed by atoms with Crippen molar-refractivity contribution in [3.8, 4) is 11.5 Å². The van der Waals surface area contributed by atoms with Gasteiger partial charge in [0.15, 0.2) is 9.84 Å². The number of pyridine rings is 1. The number of benzene rings is 2. The van der Waals surface area contributed by atoms with Gasteiger partial charge < -0.3 is 14.0 Å². The lowest BCUT2D eigenvalue weighted by Crippen LogP contribution is -2.19. The van der Waals surface area contributed by atoms with Crippen LogP contribution in [0.1, 0.15) is 15.9 Å². The third-order valence-electron chi connectivity index (χ3n) is 4.51. The van der Waals surface area contributed by atoms with Crippen molar-refractivity contribution in [3.05, 3.63) is 63.9 Å². The van der Waals surface area contributed by atoms with E-state index >= 15 is 0 Å². The van der Waals surface area contributed by atoms with Gasteiger partial charge in [0.05, 0.1) is 18.2 Å². The van der Waals surface area contributed by atoms with Gasteiger partial charge in [0.25, 0.3) is 5.56 Å². The Bertz CT molecular complexity index is 1260. The maximum Gasteiger partial charge on any atom is 0.343 e. The highest BCUT2D eigenvalue weighted by Crippen LogP contribution is 2.31. The second-order valence-corrected chi connectivity index (χ2v) is 8.34. The van der Waals surface area contributed by atoms with Crippen molar-refractivity contribution in [2.24, 2.45) is 7.05 Å². The van der Waals surface area contributed by atoms with Crippen molar-refractivity contribution in [1.29, 1.82) is 0 Å². The lowest BCUT2D eigenvalue weighted by molar-refractivity contribution is 0.0735. The Balaban J connectivity index is 2.09. The summed E-state index contributed by atoms with van der Waals surface area (Å²) in [5.74, 6) is -0.491. The maximum absolute atomic E-state index is 12.8. The van der Waals surface area contributed by atoms with Crippen molar-refractivity contribution in [2.45, 2.75) is 11.8 Å². The summed E-state index contributed by atoms with van der Waals surface area (Å²) < 4.78 is 36.0.